The fourth-order valence-electron chi connectivity index (χ4n) is 2.13. The first-order valence-corrected chi connectivity index (χ1v) is 6.78. The smallest absolute Gasteiger partial charge is 0.268 e. The largest absolute Gasteiger partial charge is 0.337 e. The first-order chi connectivity index (χ1) is 10.0. The Hall–Kier alpha value is -2.11. The average molecular weight is 322 g/mol. The van der Waals surface area contributed by atoms with Gasteiger partial charge in [-0.15, -0.1) is 0 Å². The van der Waals surface area contributed by atoms with Crippen LogP contribution in [0.3, 0.4) is 0 Å². The molecule has 21 heavy (non-hydrogen) atoms. The third kappa shape index (κ3) is 2.14. The van der Waals surface area contributed by atoms with Crippen LogP contribution in [-0.2, 0) is 7.05 Å². The predicted octanol–water partition coefficient (Wildman–Crippen LogP) is 2.39. The van der Waals surface area contributed by atoms with Crippen molar-refractivity contribution < 1.29 is 0 Å². The van der Waals surface area contributed by atoms with Gasteiger partial charge in [-0.25, -0.2) is 14.3 Å². The molecule has 0 N–H and O–H groups in total. The van der Waals surface area contributed by atoms with E-state index in [1.165, 1.54) is 23.9 Å². The van der Waals surface area contributed by atoms with E-state index in [0.717, 1.165) is 4.57 Å². The Kier molecular flexibility index (Phi) is 3.31. The van der Waals surface area contributed by atoms with Gasteiger partial charge in [0, 0.05) is 18.3 Å². The van der Waals surface area contributed by atoms with Gasteiger partial charge in [-0.1, -0.05) is 23.2 Å². The highest BCUT2D eigenvalue weighted by Gasteiger charge is 2.15. The van der Waals surface area contributed by atoms with Crippen molar-refractivity contribution in [1.82, 2.24) is 14.1 Å². The molecule has 1 aromatic carbocycles. The highest BCUT2D eigenvalue weighted by molar-refractivity contribution is 6.35. The lowest BCUT2D eigenvalue weighted by Gasteiger charge is -2.12. The van der Waals surface area contributed by atoms with Gasteiger partial charge in [0.15, 0.2) is 5.65 Å². The maximum Gasteiger partial charge on any atom is 0.337 e. The van der Waals surface area contributed by atoms with Crippen LogP contribution in [0.25, 0.3) is 16.7 Å². The van der Waals surface area contributed by atoms with Crippen molar-refractivity contribution in [3.8, 4) is 5.69 Å². The van der Waals surface area contributed by atoms with Gasteiger partial charge in [0.25, 0.3) is 5.56 Å². The lowest BCUT2D eigenvalue weighted by Crippen LogP contribution is -2.37. The maximum atomic E-state index is 12.4. The van der Waals surface area contributed by atoms with Crippen molar-refractivity contribution in [3.63, 3.8) is 0 Å². The summed E-state index contributed by atoms with van der Waals surface area (Å²) in [6.07, 6.45) is 1.52. The third-order valence-electron chi connectivity index (χ3n) is 3.16. The summed E-state index contributed by atoms with van der Waals surface area (Å²) in [4.78, 5) is 28.7. The molecule has 0 unspecified atom stereocenters. The fraction of sp³-hybridized carbons (Fsp3) is 0.0714. The minimum Gasteiger partial charge on any atom is -0.268 e. The Morgan fingerprint density at radius 3 is 2.62 bits per heavy atom. The molecule has 106 valence electrons. The summed E-state index contributed by atoms with van der Waals surface area (Å²) in [7, 11) is 1.41. The normalized spacial score (nSPS) is 11.0. The summed E-state index contributed by atoms with van der Waals surface area (Å²) in [5.41, 5.74) is -0.236. The molecule has 5 nitrogen and oxygen atoms in total. The summed E-state index contributed by atoms with van der Waals surface area (Å²) in [6, 6.07) is 8.02. The van der Waals surface area contributed by atoms with Crippen molar-refractivity contribution in [3.05, 3.63) is 67.4 Å². The quantitative estimate of drug-likeness (QED) is 0.691. The monoisotopic (exact) mass is 321 g/mol. The van der Waals surface area contributed by atoms with Crippen LogP contribution in [0.5, 0.6) is 0 Å². The number of hydrogen-bond donors (Lipinski definition) is 0. The van der Waals surface area contributed by atoms with E-state index in [2.05, 4.69) is 4.98 Å². The van der Waals surface area contributed by atoms with Gasteiger partial charge in [0.05, 0.1) is 16.1 Å². The topological polar surface area (TPSA) is 56.9 Å². The summed E-state index contributed by atoms with van der Waals surface area (Å²) in [6.45, 7) is 0. The van der Waals surface area contributed by atoms with Crippen LogP contribution in [0.2, 0.25) is 10.0 Å². The van der Waals surface area contributed by atoms with Crippen LogP contribution >= 0.6 is 23.2 Å². The van der Waals surface area contributed by atoms with E-state index >= 15 is 0 Å². The second-order valence-corrected chi connectivity index (χ2v) is 5.30. The molecule has 3 aromatic rings. The molecule has 0 aliphatic heterocycles. The van der Waals surface area contributed by atoms with Crippen molar-refractivity contribution in [2.24, 2.45) is 7.05 Å². The van der Waals surface area contributed by atoms with Gasteiger partial charge in [-0.3, -0.25) is 9.36 Å². The molecule has 3 rings (SSSR count). The Morgan fingerprint density at radius 1 is 1.14 bits per heavy atom. The van der Waals surface area contributed by atoms with Crippen LogP contribution in [0.1, 0.15) is 0 Å². The molecule has 0 atom stereocenters. The van der Waals surface area contributed by atoms with E-state index in [1.54, 1.807) is 24.3 Å². The molecule has 0 aliphatic carbocycles. The molecular formula is C14H9Cl2N3O2. The third-order valence-corrected chi connectivity index (χ3v) is 3.70. The molecule has 0 aliphatic rings. The van der Waals surface area contributed by atoms with E-state index in [-0.39, 0.29) is 5.65 Å². The van der Waals surface area contributed by atoms with E-state index in [9.17, 15) is 9.59 Å². The number of benzene rings is 1. The van der Waals surface area contributed by atoms with Crippen LogP contribution < -0.4 is 11.2 Å². The number of hydrogen-bond acceptors (Lipinski definition) is 3. The van der Waals surface area contributed by atoms with E-state index in [4.69, 9.17) is 23.2 Å². The molecule has 7 heteroatoms. The summed E-state index contributed by atoms with van der Waals surface area (Å²) in [5, 5.41) is 1.10. The lowest BCUT2D eigenvalue weighted by atomic mass is 10.3. The second kappa shape index (κ2) is 5.02. The number of aromatic nitrogens is 3. The first kappa shape index (κ1) is 13.9. The Balaban J connectivity index is 2.54. The number of fused-ring (bicyclic) bond motifs is 1. The van der Waals surface area contributed by atoms with E-state index < -0.39 is 11.2 Å². The molecule has 2 heterocycles. The highest BCUT2D eigenvalue weighted by Crippen LogP contribution is 2.24. The van der Waals surface area contributed by atoms with Gasteiger partial charge in [-0.2, -0.15) is 0 Å². The van der Waals surface area contributed by atoms with E-state index in [0.29, 0.717) is 21.1 Å². The highest BCUT2D eigenvalue weighted by atomic mass is 35.5. The predicted molar refractivity (Wildman–Crippen MR) is 82.6 cm³/mol. The zero-order valence-electron chi connectivity index (χ0n) is 10.9. The number of rotatable bonds is 1. The summed E-state index contributed by atoms with van der Waals surface area (Å²) in [5.74, 6) is 0. The molecule has 0 fully saturated rings. The minimum absolute atomic E-state index is 0.259. The fourth-order valence-corrected chi connectivity index (χ4v) is 2.62. The Bertz CT molecular complexity index is 976. The number of halogens is 2. The zero-order chi connectivity index (χ0) is 15.1. The van der Waals surface area contributed by atoms with Crippen molar-refractivity contribution in [1.29, 1.82) is 0 Å². The lowest BCUT2D eigenvalue weighted by molar-refractivity contribution is 0.748. The first-order valence-electron chi connectivity index (χ1n) is 6.03. The minimum atomic E-state index is -0.518. The molecule has 0 amide bonds. The zero-order valence-corrected chi connectivity index (χ0v) is 12.4. The maximum absolute atomic E-state index is 12.4. The standard InChI is InChI=1S/C14H9Cl2N3O2/c1-18-13(20)9-3-2-6-17-12(9)19(14(18)21)11-5-4-8(15)7-10(11)16/h2-7H,1H3. The number of nitrogens with zero attached hydrogens (tertiary/aromatic N) is 3. The Labute approximate surface area is 129 Å². The van der Waals surface area contributed by atoms with Crippen molar-refractivity contribution in [2.75, 3.05) is 0 Å². The average Bonchev–Trinajstić information content (AvgIpc) is 2.47. The Morgan fingerprint density at radius 2 is 1.90 bits per heavy atom. The van der Waals surface area contributed by atoms with Crippen molar-refractivity contribution >= 4 is 34.2 Å². The van der Waals surface area contributed by atoms with Crippen molar-refractivity contribution in [2.45, 2.75) is 0 Å². The second-order valence-electron chi connectivity index (χ2n) is 4.45. The molecular weight excluding hydrogens is 313 g/mol. The molecule has 2 aromatic heterocycles. The molecule has 0 saturated carbocycles. The van der Waals surface area contributed by atoms with Gasteiger partial charge in [0.2, 0.25) is 0 Å². The van der Waals surface area contributed by atoms with E-state index in [1.807, 2.05) is 0 Å². The van der Waals surface area contributed by atoms with Crippen LogP contribution in [0.15, 0.2) is 46.1 Å². The molecule has 0 saturated heterocycles. The van der Waals surface area contributed by atoms with Gasteiger partial charge >= 0.3 is 5.69 Å². The summed E-state index contributed by atoms with van der Waals surface area (Å²) >= 11 is 12.0. The van der Waals surface area contributed by atoms with Crippen LogP contribution in [0, 0.1) is 0 Å². The SMILES string of the molecule is Cn1c(=O)c2cccnc2n(-c2ccc(Cl)cc2Cl)c1=O. The van der Waals surface area contributed by atoms with Crippen LogP contribution in [0.4, 0.5) is 0 Å². The van der Waals surface area contributed by atoms with Gasteiger partial charge < -0.3 is 0 Å². The van der Waals surface area contributed by atoms with Gasteiger partial charge in [0.1, 0.15) is 0 Å². The molecule has 0 spiro atoms. The van der Waals surface area contributed by atoms with Gasteiger partial charge in [-0.05, 0) is 30.3 Å². The van der Waals surface area contributed by atoms with Crippen LogP contribution in [-0.4, -0.2) is 14.1 Å². The molecule has 0 bridgehead atoms. The summed E-state index contributed by atoms with van der Waals surface area (Å²) < 4.78 is 2.32. The molecule has 0 radical (unpaired) electrons. The number of pyridine rings is 1.